The molecular weight excluding hydrogens is 509 g/mol. The second kappa shape index (κ2) is 11.7. The van der Waals surface area contributed by atoms with Crippen molar-refractivity contribution < 1.29 is 14.3 Å². The average Bonchev–Trinajstić information content (AvgIpc) is 3.39. The quantitative estimate of drug-likeness (QED) is 0.233. The molecule has 2 heterocycles. The van der Waals surface area contributed by atoms with E-state index in [0.717, 1.165) is 52.2 Å². The molecule has 0 saturated heterocycles. The standard InChI is InChI=1S/C29H27Cl2N3O3/c30-10-12-34(13-11-31)22-8-6-20(7-9-22)14-23(35)18-32-26-16-25(21-4-2-1-3-5-21)33-27-17-29-28(15-24(26)27)36-19-37-29/h1-9,15-17H,10-14,18-19H2,(H,32,33). The van der Waals surface area contributed by atoms with E-state index in [1.165, 1.54) is 0 Å². The Morgan fingerprint density at radius 2 is 1.62 bits per heavy atom. The zero-order valence-electron chi connectivity index (χ0n) is 20.3. The van der Waals surface area contributed by atoms with Gasteiger partial charge in [0.1, 0.15) is 0 Å². The number of hydrogen-bond donors (Lipinski definition) is 1. The Morgan fingerprint density at radius 3 is 2.32 bits per heavy atom. The minimum Gasteiger partial charge on any atom is -0.454 e. The van der Waals surface area contributed by atoms with Crippen LogP contribution in [0, 0.1) is 0 Å². The van der Waals surface area contributed by atoms with Gasteiger partial charge in [-0.25, -0.2) is 4.98 Å². The van der Waals surface area contributed by atoms with Crippen LogP contribution in [0.5, 0.6) is 11.5 Å². The smallest absolute Gasteiger partial charge is 0.231 e. The fraction of sp³-hybridized carbons (Fsp3) is 0.241. The number of ether oxygens (including phenoxy) is 2. The van der Waals surface area contributed by atoms with E-state index in [0.29, 0.717) is 29.7 Å². The molecule has 1 N–H and O–H groups in total. The lowest BCUT2D eigenvalue weighted by atomic mass is 10.1. The molecule has 4 aromatic rings. The fourth-order valence-corrected chi connectivity index (χ4v) is 4.81. The van der Waals surface area contributed by atoms with E-state index in [2.05, 4.69) is 10.2 Å². The van der Waals surface area contributed by atoms with E-state index < -0.39 is 0 Å². The Labute approximate surface area is 226 Å². The maximum atomic E-state index is 12.9. The molecule has 3 aromatic carbocycles. The molecule has 0 atom stereocenters. The summed E-state index contributed by atoms with van der Waals surface area (Å²) in [6, 6.07) is 23.7. The van der Waals surface area contributed by atoms with Crippen LogP contribution >= 0.6 is 23.2 Å². The van der Waals surface area contributed by atoms with Crippen LogP contribution in [0.1, 0.15) is 5.56 Å². The minimum atomic E-state index is 0.0816. The van der Waals surface area contributed by atoms with E-state index in [-0.39, 0.29) is 19.1 Å². The van der Waals surface area contributed by atoms with E-state index in [1.807, 2.05) is 72.8 Å². The summed E-state index contributed by atoms with van der Waals surface area (Å²) in [6.45, 7) is 1.82. The van der Waals surface area contributed by atoms with Crippen LogP contribution in [0.2, 0.25) is 0 Å². The van der Waals surface area contributed by atoms with Gasteiger partial charge in [0.2, 0.25) is 6.79 Å². The normalized spacial score (nSPS) is 12.1. The molecule has 0 spiro atoms. The van der Waals surface area contributed by atoms with Gasteiger partial charge in [0, 0.05) is 59.7 Å². The van der Waals surface area contributed by atoms with Crippen molar-refractivity contribution in [2.45, 2.75) is 6.42 Å². The van der Waals surface area contributed by atoms with Crippen molar-refractivity contribution >= 4 is 51.3 Å². The lowest BCUT2D eigenvalue weighted by Crippen LogP contribution is -2.27. The summed E-state index contributed by atoms with van der Waals surface area (Å²) in [5.74, 6) is 2.49. The molecule has 1 aliphatic heterocycles. The number of hydrogen-bond acceptors (Lipinski definition) is 6. The summed E-state index contributed by atoms with van der Waals surface area (Å²) in [5.41, 5.74) is 5.41. The van der Waals surface area contributed by atoms with Crippen LogP contribution in [0.4, 0.5) is 11.4 Å². The second-order valence-electron chi connectivity index (χ2n) is 8.74. The molecule has 0 aliphatic carbocycles. The van der Waals surface area contributed by atoms with E-state index in [9.17, 15) is 4.79 Å². The van der Waals surface area contributed by atoms with Crippen molar-refractivity contribution in [2.75, 3.05) is 48.4 Å². The van der Waals surface area contributed by atoms with Gasteiger partial charge >= 0.3 is 0 Å². The highest BCUT2D eigenvalue weighted by Gasteiger charge is 2.18. The van der Waals surface area contributed by atoms with Crippen LogP contribution in [0.25, 0.3) is 22.2 Å². The Morgan fingerprint density at radius 1 is 0.919 bits per heavy atom. The van der Waals surface area contributed by atoms with Crippen molar-refractivity contribution in [3.8, 4) is 22.8 Å². The number of anilines is 2. The number of nitrogens with one attached hydrogen (secondary N) is 1. The molecule has 0 bridgehead atoms. The number of fused-ring (bicyclic) bond motifs is 2. The Hall–Kier alpha value is -3.48. The first-order chi connectivity index (χ1) is 18.1. The lowest BCUT2D eigenvalue weighted by Gasteiger charge is -2.23. The molecule has 190 valence electrons. The molecule has 37 heavy (non-hydrogen) atoms. The summed E-state index contributed by atoms with van der Waals surface area (Å²) >= 11 is 11.8. The molecule has 8 heteroatoms. The number of halogens is 2. The molecular formula is C29H27Cl2N3O3. The number of nitrogens with zero attached hydrogens (tertiary/aromatic N) is 2. The lowest BCUT2D eigenvalue weighted by molar-refractivity contribution is -0.116. The Balaban J connectivity index is 1.33. The van der Waals surface area contributed by atoms with Gasteiger partial charge in [-0.15, -0.1) is 23.2 Å². The molecule has 1 aliphatic rings. The van der Waals surface area contributed by atoms with Gasteiger partial charge in [-0.05, 0) is 29.8 Å². The van der Waals surface area contributed by atoms with Crippen molar-refractivity contribution in [1.29, 1.82) is 0 Å². The Kier molecular flexibility index (Phi) is 7.97. The van der Waals surface area contributed by atoms with Crippen molar-refractivity contribution in [3.63, 3.8) is 0 Å². The number of carbonyl (C=O) groups is 1. The molecule has 1 aromatic heterocycles. The van der Waals surface area contributed by atoms with Gasteiger partial charge < -0.3 is 19.7 Å². The summed E-state index contributed by atoms with van der Waals surface area (Å²) in [7, 11) is 0. The molecule has 0 unspecified atom stereocenters. The number of alkyl halides is 2. The average molecular weight is 536 g/mol. The third kappa shape index (κ3) is 5.92. The highest BCUT2D eigenvalue weighted by molar-refractivity contribution is 6.18. The monoisotopic (exact) mass is 535 g/mol. The van der Waals surface area contributed by atoms with Gasteiger partial charge in [-0.3, -0.25) is 4.79 Å². The van der Waals surface area contributed by atoms with Gasteiger partial charge in [0.05, 0.1) is 17.8 Å². The second-order valence-corrected chi connectivity index (χ2v) is 9.50. The predicted molar refractivity (Wildman–Crippen MR) is 151 cm³/mol. The van der Waals surface area contributed by atoms with Crippen molar-refractivity contribution in [2.24, 2.45) is 0 Å². The maximum absolute atomic E-state index is 12.9. The van der Waals surface area contributed by atoms with Crippen LogP contribution in [0.15, 0.2) is 72.8 Å². The van der Waals surface area contributed by atoms with Crippen LogP contribution in [-0.4, -0.2) is 49.0 Å². The van der Waals surface area contributed by atoms with E-state index >= 15 is 0 Å². The highest BCUT2D eigenvalue weighted by atomic mass is 35.5. The van der Waals surface area contributed by atoms with Crippen LogP contribution < -0.4 is 19.7 Å². The third-order valence-electron chi connectivity index (χ3n) is 6.26. The first-order valence-corrected chi connectivity index (χ1v) is 13.2. The fourth-order valence-electron chi connectivity index (χ4n) is 4.40. The molecule has 0 radical (unpaired) electrons. The van der Waals surface area contributed by atoms with Gasteiger partial charge in [-0.1, -0.05) is 42.5 Å². The number of aromatic nitrogens is 1. The topological polar surface area (TPSA) is 63.7 Å². The molecule has 0 saturated carbocycles. The minimum absolute atomic E-state index is 0.0816. The predicted octanol–water partition coefficient (Wildman–Crippen LogP) is 6.14. The van der Waals surface area contributed by atoms with Crippen molar-refractivity contribution in [3.05, 3.63) is 78.4 Å². The van der Waals surface area contributed by atoms with Gasteiger partial charge in [0.25, 0.3) is 0 Å². The maximum Gasteiger partial charge on any atom is 0.231 e. The van der Waals surface area contributed by atoms with Gasteiger partial charge in [0.15, 0.2) is 17.3 Å². The number of ketones is 1. The SMILES string of the molecule is O=C(CNc1cc(-c2ccccc2)nc2cc3c(cc12)OCO3)Cc1ccc(N(CCCl)CCCl)cc1. The first kappa shape index (κ1) is 25.2. The molecule has 5 rings (SSSR count). The highest BCUT2D eigenvalue weighted by Crippen LogP contribution is 2.39. The number of rotatable bonds is 11. The largest absolute Gasteiger partial charge is 0.454 e. The third-order valence-corrected chi connectivity index (χ3v) is 6.60. The Bertz CT molecular complexity index is 1380. The molecule has 6 nitrogen and oxygen atoms in total. The van der Waals surface area contributed by atoms with Crippen LogP contribution in [0.3, 0.4) is 0 Å². The number of carbonyl (C=O) groups excluding carboxylic acids is 1. The summed E-state index contributed by atoms with van der Waals surface area (Å²) < 4.78 is 11.1. The summed E-state index contributed by atoms with van der Waals surface area (Å²) in [5, 5.41) is 4.22. The van der Waals surface area contributed by atoms with E-state index in [1.54, 1.807) is 0 Å². The molecule has 0 amide bonds. The summed E-state index contributed by atoms with van der Waals surface area (Å²) in [4.78, 5) is 19.9. The van der Waals surface area contributed by atoms with Crippen LogP contribution in [-0.2, 0) is 11.2 Å². The number of pyridine rings is 1. The first-order valence-electron chi connectivity index (χ1n) is 12.2. The van der Waals surface area contributed by atoms with Gasteiger partial charge in [-0.2, -0.15) is 0 Å². The number of benzene rings is 3. The summed E-state index contributed by atoms with van der Waals surface area (Å²) in [6.07, 6.45) is 0.333. The van der Waals surface area contributed by atoms with Crippen molar-refractivity contribution in [1.82, 2.24) is 4.98 Å². The zero-order chi connectivity index (χ0) is 25.6. The zero-order valence-corrected chi connectivity index (χ0v) is 21.8. The number of Topliss-reactive ketones (excluding diaryl/α,β-unsaturated/α-hetero) is 1. The molecule has 0 fully saturated rings. The van der Waals surface area contributed by atoms with E-state index in [4.69, 9.17) is 37.7 Å².